The zero-order valence-corrected chi connectivity index (χ0v) is 14.3. The summed E-state index contributed by atoms with van der Waals surface area (Å²) in [5, 5.41) is 19.8. The van der Waals surface area contributed by atoms with Gasteiger partial charge < -0.3 is 20.3 Å². The van der Waals surface area contributed by atoms with Crippen molar-refractivity contribution in [1.82, 2.24) is 15.8 Å². The fourth-order valence-electron chi connectivity index (χ4n) is 2.24. The van der Waals surface area contributed by atoms with Crippen LogP contribution in [0.5, 0.6) is 0 Å². The van der Waals surface area contributed by atoms with Crippen molar-refractivity contribution in [3.63, 3.8) is 0 Å². The molecule has 2 amide bonds. The molecule has 1 aromatic rings. The first kappa shape index (κ1) is 18.5. The number of rotatable bonds is 8. The third-order valence-corrected chi connectivity index (χ3v) is 4.31. The largest absolute Gasteiger partial charge is 0.388 e. The Morgan fingerprint density at radius 3 is 2.55 bits per heavy atom. The zero-order valence-electron chi connectivity index (χ0n) is 14.3. The van der Waals surface area contributed by atoms with Crippen LogP contribution in [-0.2, 0) is 19.4 Å². The lowest BCUT2D eigenvalue weighted by molar-refractivity contribution is 0.00790. The highest BCUT2D eigenvalue weighted by Gasteiger charge is 2.27. The Labute approximate surface area is 132 Å². The molecule has 0 fully saturated rings. The van der Waals surface area contributed by atoms with Gasteiger partial charge in [0.1, 0.15) is 5.76 Å². The van der Waals surface area contributed by atoms with Crippen molar-refractivity contribution in [3.8, 4) is 0 Å². The summed E-state index contributed by atoms with van der Waals surface area (Å²) in [6.07, 6.45) is 2.37. The van der Waals surface area contributed by atoms with Crippen molar-refractivity contribution >= 4 is 6.03 Å². The molecule has 3 N–H and O–H groups in total. The van der Waals surface area contributed by atoms with E-state index in [0.717, 1.165) is 36.3 Å². The van der Waals surface area contributed by atoms with Crippen LogP contribution in [0.3, 0.4) is 0 Å². The minimum atomic E-state index is -0.910. The van der Waals surface area contributed by atoms with E-state index in [2.05, 4.69) is 15.8 Å². The number of hydrogen-bond acceptors (Lipinski definition) is 4. The molecule has 0 saturated carbocycles. The van der Waals surface area contributed by atoms with E-state index in [4.69, 9.17) is 4.52 Å². The molecule has 2 unspecified atom stereocenters. The normalized spacial score (nSPS) is 15.2. The number of urea groups is 1. The zero-order chi connectivity index (χ0) is 16.8. The Hall–Kier alpha value is -1.56. The number of nitrogens with one attached hydrogen (secondary N) is 2. The summed E-state index contributed by atoms with van der Waals surface area (Å²) in [5.41, 5.74) is 0.921. The Morgan fingerprint density at radius 1 is 1.32 bits per heavy atom. The number of aryl methyl sites for hydroxylation is 2. The molecule has 6 nitrogen and oxygen atoms in total. The number of nitrogens with zero attached hydrogens (tertiary/aromatic N) is 1. The second-order valence-electron chi connectivity index (χ2n) is 5.94. The van der Waals surface area contributed by atoms with E-state index >= 15 is 0 Å². The lowest BCUT2D eigenvalue weighted by atomic mass is 9.89. The number of amides is 2. The minimum Gasteiger partial charge on any atom is -0.388 e. The maximum Gasteiger partial charge on any atom is 0.315 e. The molecule has 0 aliphatic carbocycles. The monoisotopic (exact) mass is 311 g/mol. The topological polar surface area (TPSA) is 87.4 Å². The van der Waals surface area contributed by atoms with E-state index in [1.54, 1.807) is 6.92 Å². The van der Waals surface area contributed by atoms with Crippen molar-refractivity contribution in [3.05, 3.63) is 17.0 Å². The average molecular weight is 311 g/mol. The first-order valence-corrected chi connectivity index (χ1v) is 8.05. The Balaban J connectivity index is 2.52. The number of aliphatic hydroxyl groups is 1. The van der Waals surface area contributed by atoms with Crippen LogP contribution in [0.2, 0.25) is 0 Å². The summed E-state index contributed by atoms with van der Waals surface area (Å²) in [6.45, 7) is 10.3. The maximum absolute atomic E-state index is 11.9. The van der Waals surface area contributed by atoms with Crippen LogP contribution in [0.25, 0.3) is 0 Å². The van der Waals surface area contributed by atoms with Crippen LogP contribution in [0.1, 0.15) is 58.1 Å². The number of aromatic nitrogens is 1. The highest BCUT2D eigenvalue weighted by atomic mass is 16.5. The lowest BCUT2D eigenvalue weighted by Crippen LogP contribution is -2.47. The lowest BCUT2D eigenvalue weighted by Gasteiger charge is -2.29. The minimum absolute atomic E-state index is 0.115. The smallest absolute Gasteiger partial charge is 0.315 e. The maximum atomic E-state index is 11.9. The van der Waals surface area contributed by atoms with E-state index < -0.39 is 5.60 Å². The van der Waals surface area contributed by atoms with Crippen molar-refractivity contribution in [2.45, 2.75) is 66.0 Å². The molecule has 0 aromatic carbocycles. The molecule has 1 aromatic heterocycles. The van der Waals surface area contributed by atoms with Gasteiger partial charge >= 0.3 is 6.03 Å². The van der Waals surface area contributed by atoms with Gasteiger partial charge in [0.2, 0.25) is 0 Å². The fraction of sp³-hybridized carbons (Fsp3) is 0.750. The van der Waals surface area contributed by atoms with Crippen molar-refractivity contribution in [2.24, 2.45) is 5.92 Å². The molecule has 0 bridgehead atoms. The molecule has 1 rings (SSSR count). The van der Waals surface area contributed by atoms with Gasteiger partial charge in [-0.3, -0.25) is 0 Å². The highest BCUT2D eigenvalue weighted by Crippen LogP contribution is 2.19. The van der Waals surface area contributed by atoms with Gasteiger partial charge in [0.15, 0.2) is 0 Å². The molecule has 126 valence electrons. The van der Waals surface area contributed by atoms with E-state index in [1.807, 2.05) is 27.7 Å². The van der Waals surface area contributed by atoms with E-state index in [1.165, 1.54) is 0 Å². The molecule has 0 saturated heterocycles. The first-order valence-electron chi connectivity index (χ1n) is 8.05. The number of hydrogen-bond donors (Lipinski definition) is 3. The molecular formula is C16H29N3O3. The van der Waals surface area contributed by atoms with Crippen molar-refractivity contribution in [2.75, 3.05) is 6.54 Å². The Morgan fingerprint density at radius 2 is 2.00 bits per heavy atom. The van der Waals surface area contributed by atoms with Gasteiger partial charge in [0, 0.05) is 25.1 Å². The molecule has 0 radical (unpaired) electrons. The summed E-state index contributed by atoms with van der Waals surface area (Å²) in [4.78, 5) is 11.9. The second kappa shape index (κ2) is 8.17. The molecule has 0 aliphatic rings. The van der Waals surface area contributed by atoms with Gasteiger partial charge in [-0.15, -0.1) is 0 Å². The third kappa shape index (κ3) is 4.73. The van der Waals surface area contributed by atoms with Gasteiger partial charge in [-0.25, -0.2) is 4.79 Å². The highest BCUT2D eigenvalue weighted by molar-refractivity contribution is 5.73. The Kier molecular flexibility index (Phi) is 6.87. The van der Waals surface area contributed by atoms with Crippen molar-refractivity contribution in [1.29, 1.82) is 0 Å². The molecule has 2 atom stereocenters. The second-order valence-corrected chi connectivity index (χ2v) is 5.94. The summed E-state index contributed by atoms with van der Waals surface area (Å²) in [7, 11) is 0. The summed E-state index contributed by atoms with van der Waals surface area (Å²) in [6, 6.07) is -0.297. The first-order chi connectivity index (χ1) is 10.4. The average Bonchev–Trinajstić information content (AvgIpc) is 2.91. The van der Waals surface area contributed by atoms with Gasteiger partial charge in [-0.2, -0.15) is 0 Å². The van der Waals surface area contributed by atoms with Crippen molar-refractivity contribution < 1.29 is 14.4 Å². The number of carbonyl (C=O) groups is 1. The molecule has 22 heavy (non-hydrogen) atoms. The quantitative estimate of drug-likeness (QED) is 0.688. The summed E-state index contributed by atoms with van der Waals surface area (Å²) < 4.78 is 5.27. The molecule has 1 heterocycles. The van der Waals surface area contributed by atoms with Gasteiger partial charge in [0.25, 0.3) is 0 Å². The van der Waals surface area contributed by atoms with Gasteiger partial charge in [-0.05, 0) is 19.3 Å². The van der Waals surface area contributed by atoms with E-state index in [-0.39, 0.29) is 18.5 Å². The molecule has 0 aliphatic heterocycles. The Bertz CT molecular complexity index is 461. The standard InChI is InChI=1S/C16H29N3O3/c1-6-11(4)16(5,21)10-18-15(20)17-9-12-13(7-2)19-22-14(12)8-3/h11,21H,6-10H2,1-5H3,(H2,17,18,20). The van der Waals surface area contributed by atoms with E-state index in [9.17, 15) is 9.90 Å². The predicted molar refractivity (Wildman–Crippen MR) is 85.6 cm³/mol. The molecule has 0 spiro atoms. The van der Waals surface area contributed by atoms with Crippen LogP contribution in [-0.4, -0.2) is 28.4 Å². The van der Waals surface area contributed by atoms with Gasteiger partial charge in [-0.1, -0.05) is 39.3 Å². The summed E-state index contributed by atoms with van der Waals surface area (Å²) in [5.74, 6) is 0.924. The van der Waals surface area contributed by atoms with Crippen LogP contribution in [0, 0.1) is 5.92 Å². The van der Waals surface area contributed by atoms with Crippen LogP contribution < -0.4 is 10.6 Å². The summed E-state index contributed by atoms with van der Waals surface area (Å²) >= 11 is 0. The fourth-order valence-corrected chi connectivity index (χ4v) is 2.24. The van der Waals surface area contributed by atoms with Gasteiger partial charge in [0.05, 0.1) is 11.3 Å². The van der Waals surface area contributed by atoms with Crippen LogP contribution in [0.15, 0.2) is 4.52 Å². The number of carbonyl (C=O) groups excluding carboxylic acids is 1. The third-order valence-electron chi connectivity index (χ3n) is 4.31. The van der Waals surface area contributed by atoms with E-state index in [0.29, 0.717) is 6.54 Å². The molecule has 6 heteroatoms. The SMILES string of the molecule is CCc1noc(CC)c1CNC(=O)NCC(C)(O)C(C)CC. The van der Waals surface area contributed by atoms with Crippen LogP contribution >= 0.6 is 0 Å². The molecular weight excluding hydrogens is 282 g/mol. The van der Waals surface area contributed by atoms with Crippen LogP contribution in [0.4, 0.5) is 4.79 Å². The predicted octanol–water partition coefficient (Wildman–Crippen LogP) is 2.40.